The minimum Gasteiger partial charge on any atom is -0.469 e. The first kappa shape index (κ1) is 21.9. The van der Waals surface area contributed by atoms with E-state index < -0.39 is 0 Å². The number of hydrogen-bond donors (Lipinski definition) is 0. The standard InChI is InChI=1S/C21H38O2/c1-4-20(2)18-16-14-12-10-8-6-5-7-9-11-13-15-17-19-21(22)23-3/h5-6,11,13,20H,4,7-10,12,14-19H2,1-3H3. The van der Waals surface area contributed by atoms with Crippen LogP contribution in [0.3, 0.4) is 0 Å². The summed E-state index contributed by atoms with van der Waals surface area (Å²) in [5.74, 6) is 0.796. The molecule has 0 spiro atoms. The molecule has 1 unspecified atom stereocenters. The molecule has 2 heteroatoms. The molecule has 0 fully saturated rings. The van der Waals surface area contributed by atoms with Gasteiger partial charge in [0, 0.05) is 6.42 Å². The van der Waals surface area contributed by atoms with E-state index in [9.17, 15) is 4.79 Å². The van der Waals surface area contributed by atoms with Crippen LogP contribution in [0.25, 0.3) is 0 Å². The highest BCUT2D eigenvalue weighted by Gasteiger charge is 1.98. The molecule has 0 bridgehead atoms. The Hall–Kier alpha value is -1.05. The lowest BCUT2D eigenvalue weighted by molar-refractivity contribution is -0.140. The molecule has 1 atom stereocenters. The second kappa shape index (κ2) is 17.3. The van der Waals surface area contributed by atoms with Crippen LogP contribution in [0.2, 0.25) is 0 Å². The average Bonchev–Trinajstić information content (AvgIpc) is 2.57. The van der Waals surface area contributed by atoms with Crippen molar-refractivity contribution < 1.29 is 9.53 Å². The van der Waals surface area contributed by atoms with Crippen LogP contribution in [-0.2, 0) is 9.53 Å². The van der Waals surface area contributed by atoms with E-state index >= 15 is 0 Å². The maximum atomic E-state index is 10.9. The van der Waals surface area contributed by atoms with Gasteiger partial charge in [0.05, 0.1) is 7.11 Å². The van der Waals surface area contributed by atoms with E-state index in [1.807, 2.05) is 0 Å². The number of methoxy groups -OCH3 is 1. The lowest BCUT2D eigenvalue weighted by Gasteiger charge is -2.06. The minimum absolute atomic E-state index is 0.110. The zero-order valence-corrected chi connectivity index (χ0v) is 15.7. The minimum atomic E-state index is -0.110. The first-order valence-electron chi connectivity index (χ1n) is 9.57. The van der Waals surface area contributed by atoms with Crippen molar-refractivity contribution in [3.63, 3.8) is 0 Å². The summed E-state index contributed by atoms with van der Waals surface area (Å²) in [6, 6.07) is 0. The summed E-state index contributed by atoms with van der Waals surface area (Å²) in [5.41, 5.74) is 0. The number of carbonyl (C=O) groups is 1. The van der Waals surface area contributed by atoms with Crippen molar-refractivity contribution in [2.75, 3.05) is 7.11 Å². The molecule has 0 rings (SSSR count). The average molecular weight is 323 g/mol. The molecule has 0 aliphatic rings. The van der Waals surface area contributed by atoms with Crippen molar-refractivity contribution in [1.29, 1.82) is 0 Å². The number of allylic oxidation sites excluding steroid dienone is 4. The monoisotopic (exact) mass is 322 g/mol. The van der Waals surface area contributed by atoms with Crippen molar-refractivity contribution >= 4 is 5.97 Å². The fourth-order valence-electron chi connectivity index (χ4n) is 2.44. The summed E-state index contributed by atoms with van der Waals surface area (Å²) in [5, 5.41) is 0. The molecule has 0 aliphatic heterocycles. The fourth-order valence-corrected chi connectivity index (χ4v) is 2.44. The summed E-state index contributed by atoms with van der Waals surface area (Å²) < 4.78 is 4.61. The van der Waals surface area contributed by atoms with Gasteiger partial charge in [-0.3, -0.25) is 4.79 Å². The number of unbranched alkanes of at least 4 members (excludes halogenated alkanes) is 6. The molecule has 23 heavy (non-hydrogen) atoms. The molecule has 0 aliphatic carbocycles. The Morgan fingerprint density at radius 2 is 1.43 bits per heavy atom. The number of rotatable bonds is 15. The van der Waals surface area contributed by atoms with Gasteiger partial charge in [-0.25, -0.2) is 0 Å². The molecule has 0 heterocycles. The molecular weight excluding hydrogens is 284 g/mol. The van der Waals surface area contributed by atoms with Gasteiger partial charge in [-0.1, -0.05) is 70.3 Å². The van der Waals surface area contributed by atoms with Crippen LogP contribution in [0.4, 0.5) is 0 Å². The van der Waals surface area contributed by atoms with Crippen molar-refractivity contribution in [2.45, 2.75) is 90.9 Å². The molecule has 0 N–H and O–H groups in total. The van der Waals surface area contributed by atoms with Crippen LogP contribution in [0.5, 0.6) is 0 Å². The van der Waals surface area contributed by atoms with Crippen LogP contribution >= 0.6 is 0 Å². The van der Waals surface area contributed by atoms with Gasteiger partial charge >= 0.3 is 5.97 Å². The predicted molar refractivity (Wildman–Crippen MR) is 101 cm³/mol. The van der Waals surface area contributed by atoms with Gasteiger partial charge in [-0.05, 0) is 44.4 Å². The van der Waals surface area contributed by atoms with Gasteiger partial charge in [0.25, 0.3) is 0 Å². The smallest absolute Gasteiger partial charge is 0.305 e. The highest BCUT2D eigenvalue weighted by Crippen LogP contribution is 2.13. The van der Waals surface area contributed by atoms with Gasteiger partial charge in [-0.2, -0.15) is 0 Å². The third-order valence-corrected chi connectivity index (χ3v) is 4.33. The molecule has 0 aromatic heterocycles. The lowest BCUT2D eigenvalue weighted by Crippen LogP contribution is -1.98. The summed E-state index contributed by atoms with van der Waals surface area (Å²) >= 11 is 0. The van der Waals surface area contributed by atoms with Crippen LogP contribution in [0, 0.1) is 5.92 Å². The van der Waals surface area contributed by atoms with Crippen LogP contribution < -0.4 is 0 Å². The SMILES string of the molecule is CCC(C)CCCCCCC=CCCC=CCCCC(=O)OC. The van der Waals surface area contributed by atoms with Gasteiger partial charge in [-0.15, -0.1) is 0 Å². The molecule has 0 saturated carbocycles. The maximum Gasteiger partial charge on any atom is 0.305 e. The Balaban J connectivity index is 3.27. The molecule has 134 valence electrons. The second-order valence-corrected chi connectivity index (χ2v) is 6.49. The van der Waals surface area contributed by atoms with Gasteiger partial charge in [0.1, 0.15) is 0 Å². The summed E-state index contributed by atoms with van der Waals surface area (Å²) in [6.07, 6.45) is 23.1. The molecule has 2 nitrogen and oxygen atoms in total. The lowest BCUT2D eigenvalue weighted by atomic mass is 10.00. The largest absolute Gasteiger partial charge is 0.469 e. The quantitative estimate of drug-likeness (QED) is 0.193. The molecule has 0 saturated heterocycles. The Morgan fingerprint density at radius 3 is 2.04 bits per heavy atom. The second-order valence-electron chi connectivity index (χ2n) is 6.49. The Morgan fingerprint density at radius 1 is 0.870 bits per heavy atom. The van der Waals surface area contributed by atoms with E-state index in [2.05, 4.69) is 42.9 Å². The number of hydrogen-bond acceptors (Lipinski definition) is 2. The highest BCUT2D eigenvalue weighted by atomic mass is 16.5. The van der Waals surface area contributed by atoms with Crippen molar-refractivity contribution in [3.05, 3.63) is 24.3 Å². The topological polar surface area (TPSA) is 26.3 Å². The van der Waals surface area contributed by atoms with Gasteiger partial charge in [0.2, 0.25) is 0 Å². The fraction of sp³-hybridized carbons (Fsp3) is 0.762. The molecule has 0 amide bonds. The summed E-state index contributed by atoms with van der Waals surface area (Å²) in [7, 11) is 1.44. The summed E-state index contributed by atoms with van der Waals surface area (Å²) in [6.45, 7) is 4.64. The van der Waals surface area contributed by atoms with Crippen LogP contribution in [0.15, 0.2) is 24.3 Å². The maximum absolute atomic E-state index is 10.9. The molecule has 0 aromatic carbocycles. The number of esters is 1. The Bertz CT molecular complexity index is 318. The first-order valence-corrected chi connectivity index (χ1v) is 9.57. The first-order chi connectivity index (χ1) is 11.2. The van der Waals surface area contributed by atoms with Crippen LogP contribution in [0.1, 0.15) is 90.9 Å². The normalized spacial score (nSPS) is 13.0. The van der Waals surface area contributed by atoms with E-state index in [1.165, 1.54) is 52.1 Å². The van der Waals surface area contributed by atoms with Gasteiger partial charge in [0.15, 0.2) is 0 Å². The number of carbonyl (C=O) groups excluding carboxylic acids is 1. The van der Waals surface area contributed by atoms with E-state index in [-0.39, 0.29) is 5.97 Å². The number of ether oxygens (including phenoxy) is 1. The van der Waals surface area contributed by atoms with E-state index in [4.69, 9.17) is 0 Å². The van der Waals surface area contributed by atoms with E-state index in [0.29, 0.717) is 6.42 Å². The van der Waals surface area contributed by atoms with Crippen molar-refractivity contribution in [3.8, 4) is 0 Å². The molecular formula is C21H38O2. The zero-order chi connectivity index (χ0) is 17.2. The Labute approximate surface area is 144 Å². The molecule has 0 radical (unpaired) electrons. The predicted octanol–water partition coefficient (Wildman–Crippen LogP) is 6.61. The zero-order valence-electron chi connectivity index (χ0n) is 15.7. The van der Waals surface area contributed by atoms with Gasteiger partial charge < -0.3 is 4.74 Å². The summed E-state index contributed by atoms with van der Waals surface area (Å²) in [4.78, 5) is 10.9. The highest BCUT2D eigenvalue weighted by molar-refractivity contribution is 5.68. The van der Waals surface area contributed by atoms with E-state index in [0.717, 1.165) is 31.6 Å². The van der Waals surface area contributed by atoms with Crippen molar-refractivity contribution in [1.82, 2.24) is 0 Å². The Kier molecular flexibility index (Phi) is 16.5. The van der Waals surface area contributed by atoms with Crippen molar-refractivity contribution in [2.24, 2.45) is 5.92 Å². The molecule has 0 aromatic rings. The van der Waals surface area contributed by atoms with Crippen LogP contribution in [-0.4, -0.2) is 13.1 Å². The van der Waals surface area contributed by atoms with E-state index in [1.54, 1.807) is 0 Å². The third-order valence-electron chi connectivity index (χ3n) is 4.33. The third kappa shape index (κ3) is 17.1.